The minimum Gasteiger partial charge on any atom is -0.281 e. The maximum atomic E-state index is 12.7. The largest absolute Gasteiger partial charge is 0.281 e. The summed E-state index contributed by atoms with van der Waals surface area (Å²) < 4.78 is 4.56. The van der Waals surface area contributed by atoms with Crippen molar-refractivity contribution < 1.29 is 9.59 Å². The molecular formula is C20H16BrClN4O2S. The number of likely N-dealkylation sites (tertiary alicyclic amines) is 1. The molecule has 4 rings (SSSR count). The van der Waals surface area contributed by atoms with E-state index in [1.54, 1.807) is 23.6 Å². The molecule has 1 saturated heterocycles. The Kier molecular flexibility index (Phi) is 5.42. The number of benzene rings is 2. The van der Waals surface area contributed by atoms with Gasteiger partial charge in [0.25, 0.3) is 5.91 Å². The van der Waals surface area contributed by atoms with Crippen molar-refractivity contribution in [2.75, 3.05) is 6.54 Å². The van der Waals surface area contributed by atoms with E-state index >= 15 is 0 Å². The zero-order chi connectivity index (χ0) is 20.7. The Labute approximate surface area is 185 Å². The first kappa shape index (κ1) is 20.0. The summed E-state index contributed by atoms with van der Waals surface area (Å²) in [5.74, 6) is 0.0902. The van der Waals surface area contributed by atoms with Crippen molar-refractivity contribution in [1.82, 2.24) is 19.2 Å². The Hall–Kier alpha value is -2.29. The van der Waals surface area contributed by atoms with Gasteiger partial charge in [-0.3, -0.25) is 19.1 Å². The van der Waals surface area contributed by atoms with Gasteiger partial charge in [0.05, 0.1) is 12.1 Å². The third kappa shape index (κ3) is 3.56. The molecule has 1 atom stereocenters. The van der Waals surface area contributed by atoms with Crippen molar-refractivity contribution in [1.29, 1.82) is 0 Å². The van der Waals surface area contributed by atoms with Crippen LogP contribution in [0, 0.1) is 4.77 Å². The Morgan fingerprint density at radius 1 is 1.14 bits per heavy atom. The number of likely N-dealkylation sites (N-methyl/N-ethyl adjacent to an activating group) is 1. The fraction of sp³-hybridized carbons (Fsp3) is 0.200. The van der Waals surface area contributed by atoms with Crippen LogP contribution in [0.4, 0.5) is 0 Å². The highest BCUT2D eigenvalue weighted by Gasteiger charge is 2.40. The topological polar surface area (TPSA) is 60.1 Å². The van der Waals surface area contributed by atoms with Crippen LogP contribution in [0.2, 0.25) is 5.02 Å². The summed E-state index contributed by atoms with van der Waals surface area (Å²) in [4.78, 5) is 26.2. The van der Waals surface area contributed by atoms with E-state index in [0.29, 0.717) is 22.2 Å². The van der Waals surface area contributed by atoms with Gasteiger partial charge in [0.2, 0.25) is 10.7 Å². The number of carbonyl (C=O) groups excluding carboxylic acids is 2. The second-order valence-corrected chi connectivity index (χ2v) is 8.28. The smallest absolute Gasteiger partial charge is 0.254 e. The van der Waals surface area contributed by atoms with E-state index in [2.05, 4.69) is 21.0 Å². The fourth-order valence-corrected chi connectivity index (χ4v) is 4.13. The van der Waals surface area contributed by atoms with E-state index in [-0.39, 0.29) is 18.2 Å². The van der Waals surface area contributed by atoms with Crippen LogP contribution in [-0.4, -0.2) is 37.6 Å². The molecule has 2 amide bonds. The number of rotatable bonds is 4. The molecule has 9 heteroatoms. The molecule has 1 fully saturated rings. The monoisotopic (exact) mass is 490 g/mol. The van der Waals surface area contributed by atoms with Gasteiger partial charge in [0.15, 0.2) is 5.82 Å². The lowest BCUT2D eigenvalue weighted by atomic mass is 10.2. The summed E-state index contributed by atoms with van der Waals surface area (Å²) in [6.45, 7) is 2.11. The quantitative estimate of drug-likeness (QED) is 0.388. The number of halogens is 2. The van der Waals surface area contributed by atoms with E-state index in [1.807, 2.05) is 36.4 Å². The van der Waals surface area contributed by atoms with E-state index in [1.165, 1.54) is 9.58 Å². The summed E-state index contributed by atoms with van der Waals surface area (Å²) >= 11 is 15.2. The average molecular weight is 492 g/mol. The number of nitrogens with zero attached hydrogens (tertiary/aromatic N) is 4. The summed E-state index contributed by atoms with van der Waals surface area (Å²) in [7, 11) is 0. The summed E-state index contributed by atoms with van der Waals surface area (Å²) in [6.07, 6.45) is 0.0540. The zero-order valence-electron chi connectivity index (χ0n) is 15.4. The highest BCUT2D eigenvalue weighted by molar-refractivity contribution is 9.10. The molecular weight excluding hydrogens is 476 g/mol. The summed E-state index contributed by atoms with van der Waals surface area (Å²) in [5.41, 5.74) is 1.60. The van der Waals surface area contributed by atoms with E-state index in [4.69, 9.17) is 23.8 Å². The zero-order valence-corrected chi connectivity index (χ0v) is 18.5. The van der Waals surface area contributed by atoms with Crippen LogP contribution >= 0.6 is 39.7 Å². The van der Waals surface area contributed by atoms with Gasteiger partial charge in [-0.05, 0) is 55.5 Å². The Morgan fingerprint density at radius 2 is 1.79 bits per heavy atom. The first-order valence-electron chi connectivity index (χ1n) is 8.98. The standard InChI is InChI=1S/C20H16BrClN4O2S/c1-2-24-17(27)11-16(19(24)28)26-20(29)25(15-9-7-14(22)8-10-15)18(23-26)12-3-5-13(21)6-4-12/h3-10,16H,2,11H2,1H3/t16-/m1/s1. The average Bonchev–Trinajstić information content (AvgIpc) is 3.19. The molecule has 0 spiro atoms. The van der Waals surface area contributed by atoms with Crippen molar-refractivity contribution in [2.24, 2.45) is 0 Å². The van der Waals surface area contributed by atoms with Gasteiger partial charge in [-0.15, -0.1) is 0 Å². The van der Waals surface area contributed by atoms with Crippen LogP contribution < -0.4 is 0 Å². The molecule has 0 bridgehead atoms. The number of hydrogen-bond acceptors (Lipinski definition) is 4. The number of amides is 2. The molecule has 0 aliphatic carbocycles. The second kappa shape index (κ2) is 7.85. The molecule has 0 saturated carbocycles. The number of hydrogen-bond donors (Lipinski definition) is 0. The molecule has 1 aliphatic rings. The van der Waals surface area contributed by atoms with Crippen LogP contribution in [0.3, 0.4) is 0 Å². The van der Waals surface area contributed by atoms with Gasteiger partial charge in [-0.2, -0.15) is 5.10 Å². The highest BCUT2D eigenvalue weighted by atomic mass is 79.9. The van der Waals surface area contributed by atoms with Gasteiger partial charge in [-0.1, -0.05) is 39.7 Å². The van der Waals surface area contributed by atoms with Gasteiger partial charge < -0.3 is 0 Å². The fourth-order valence-electron chi connectivity index (χ4n) is 3.38. The van der Waals surface area contributed by atoms with Crippen molar-refractivity contribution >= 4 is 51.6 Å². The number of carbonyl (C=O) groups is 2. The molecule has 3 aromatic rings. The van der Waals surface area contributed by atoms with Crippen LogP contribution in [0.15, 0.2) is 53.0 Å². The van der Waals surface area contributed by atoms with Crippen molar-refractivity contribution in [2.45, 2.75) is 19.4 Å². The maximum Gasteiger partial charge on any atom is 0.254 e. The lowest BCUT2D eigenvalue weighted by molar-refractivity contribution is -0.138. The molecule has 6 nitrogen and oxygen atoms in total. The molecule has 1 aliphatic heterocycles. The molecule has 2 aromatic carbocycles. The lowest BCUT2D eigenvalue weighted by Crippen LogP contribution is -2.31. The molecule has 1 aromatic heterocycles. The minimum absolute atomic E-state index is 0.0540. The maximum absolute atomic E-state index is 12.7. The van der Waals surface area contributed by atoms with Gasteiger partial charge in [-0.25, -0.2) is 4.68 Å². The molecule has 148 valence electrons. The van der Waals surface area contributed by atoms with Crippen LogP contribution in [0.1, 0.15) is 19.4 Å². The van der Waals surface area contributed by atoms with E-state index < -0.39 is 6.04 Å². The van der Waals surface area contributed by atoms with Crippen LogP contribution in [0.5, 0.6) is 0 Å². The van der Waals surface area contributed by atoms with Crippen LogP contribution in [-0.2, 0) is 9.59 Å². The summed E-state index contributed by atoms with van der Waals surface area (Å²) in [5, 5.41) is 5.28. The minimum atomic E-state index is -0.738. The van der Waals surface area contributed by atoms with Crippen molar-refractivity contribution in [3.05, 3.63) is 62.8 Å². The Bertz CT molecular complexity index is 1150. The molecule has 0 radical (unpaired) electrons. The van der Waals surface area contributed by atoms with Crippen molar-refractivity contribution in [3.8, 4) is 17.1 Å². The first-order chi connectivity index (χ1) is 13.9. The predicted octanol–water partition coefficient (Wildman–Crippen LogP) is 4.81. The Balaban J connectivity index is 1.91. The number of imide groups is 1. The van der Waals surface area contributed by atoms with Gasteiger partial charge >= 0.3 is 0 Å². The molecule has 0 unspecified atom stereocenters. The van der Waals surface area contributed by atoms with E-state index in [0.717, 1.165) is 15.7 Å². The molecule has 29 heavy (non-hydrogen) atoms. The highest BCUT2D eigenvalue weighted by Crippen LogP contribution is 2.30. The van der Waals surface area contributed by atoms with Crippen LogP contribution in [0.25, 0.3) is 17.1 Å². The third-order valence-electron chi connectivity index (χ3n) is 4.82. The molecule has 2 heterocycles. The lowest BCUT2D eigenvalue weighted by Gasteiger charge is -2.11. The summed E-state index contributed by atoms with van der Waals surface area (Å²) in [6, 6.07) is 14.1. The third-order valence-corrected chi connectivity index (χ3v) is 5.97. The van der Waals surface area contributed by atoms with E-state index in [9.17, 15) is 9.59 Å². The normalized spacial score (nSPS) is 16.7. The van der Waals surface area contributed by atoms with Crippen molar-refractivity contribution in [3.63, 3.8) is 0 Å². The molecule has 0 N–H and O–H groups in total. The van der Waals surface area contributed by atoms with Gasteiger partial charge in [0, 0.05) is 21.6 Å². The SMILES string of the molecule is CCN1C(=O)C[C@@H](n2nc(-c3ccc(Br)cc3)n(-c3ccc(Cl)cc3)c2=S)C1=O. The number of aromatic nitrogens is 3. The predicted molar refractivity (Wildman–Crippen MR) is 117 cm³/mol. The first-order valence-corrected chi connectivity index (χ1v) is 10.6. The Morgan fingerprint density at radius 3 is 2.38 bits per heavy atom. The second-order valence-electron chi connectivity index (χ2n) is 6.57. The van der Waals surface area contributed by atoms with Gasteiger partial charge in [0.1, 0.15) is 6.04 Å².